The van der Waals surface area contributed by atoms with E-state index >= 15 is 0 Å². The molecule has 217 valence electrons. The maximum atomic E-state index is 9.99. The monoisotopic (exact) mass is 571 g/mol. The third-order valence-corrected chi connectivity index (χ3v) is 5.49. The van der Waals surface area contributed by atoms with E-state index in [1.165, 1.54) is 107 Å². The maximum absolute atomic E-state index is 9.99. The van der Waals surface area contributed by atoms with E-state index in [0.717, 1.165) is 12.4 Å². The number of hydrogen-bond acceptors (Lipinski definition) is 8. The molecule has 0 amide bonds. The number of quaternary nitrogens is 1. The third kappa shape index (κ3) is 20.6. The first-order valence-corrected chi connectivity index (χ1v) is 12.7. The van der Waals surface area contributed by atoms with E-state index in [9.17, 15) is 19.8 Å². The summed E-state index contributed by atoms with van der Waals surface area (Å²) >= 11 is 0. The Morgan fingerprint density at radius 3 is 1.08 bits per heavy atom. The van der Waals surface area contributed by atoms with Crippen LogP contribution in [0, 0.1) is 0 Å². The van der Waals surface area contributed by atoms with Gasteiger partial charge < -0.3 is 35.2 Å². The van der Waals surface area contributed by atoms with Gasteiger partial charge in [0.05, 0.1) is 50.5 Å². The van der Waals surface area contributed by atoms with Crippen LogP contribution in [-0.2, 0) is 29.5 Å². The fourth-order valence-electron chi connectivity index (χ4n) is 3.45. The van der Waals surface area contributed by atoms with Crippen molar-refractivity contribution in [1.29, 1.82) is 0 Å². The molecule has 11 nitrogen and oxygen atoms in total. The standard InChI is InChI=1S/C16H36N.2C5H4N2O2.2O.V/c1-5-9-13-17(14-10-6-2,15-11-7-3)16-12-8-4;2*8-5(9)4-3-6-1-2-7-4;;;/h5-16H2,1-4H3;2*1-3H,(H,8,9);;;/q+1;;;2*-2;/p-2. The van der Waals surface area contributed by atoms with Gasteiger partial charge in [0.25, 0.3) is 0 Å². The molecule has 0 saturated carbocycles. The zero-order valence-electron chi connectivity index (χ0n) is 23.1. The van der Waals surface area contributed by atoms with E-state index < -0.39 is 11.9 Å². The van der Waals surface area contributed by atoms with Gasteiger partial charge in [-0.15, -0.1) is 0 Å². The minimum Gasteiger partial charge on any atom is -2.00 e. The van der Waals surface area contributed by atoms with Gasteiger partial charge in [0.15, 0.2) is 0 Å². The van der Waals surface area contributed by atoms with Crippen molar-refractivity contribution in [1.82, 2.24) is 19.9 Å². The van der Waals surface area contributed by atoms with Crippen molar-refractivity contribution in [3.8, 4) is 0 Å². The molecule has 38 heavy (non-hydrogen) atoms. The average Bonchev–Trinajstić information content (AvgIpc) is 2.89. The van der Waals surface area contributed by atoms with Crippen LogP contribution in [-0.4, -0.2) is 62.5 Å². The van der Waals surface area contributed by atoms with Gasteiger partial charge in [0.1, 0.15) is 11.4 Å². The molecule has 0 N–H and O–H groups in total. The van der Waals surface area contributed by atoms with E-state index in [2.05, 4.69) is 47.6 Å². The minimum absolute atomic E-state index is 0. The molecule has 2 heterocycles. The maximum Gasteiger partial charge on any atom is 0.104 e. The summed E-state index contributed by atoms with van der Waals surface area (Å²) in [7, 11) is 0. The number of rotatable bonds is 14. The van der Waals surface area contributed by atoms with Crippen LogP contribution in [0.3, 0.4) is 0 Å². The van der Waals surface area contributed by atoms with Crippen LogP contribution < -0.4 is 10.2 Å². The van der Waals surface area contributed by atoms with Crippen molar-refractivity contribution < 1.29 is 53.8 Å². The smallest absolute Gasteiger partial charge is 0.104 e. The molecule has 0 aromatic carbocycles. The molecule has 2 aromatic heterocycles. The fraction of sp³-hybridized carbons (Fsp3) is 0.615. The summed E-state index contributed by atoms with van der Waals surface area (Å²) in [6, 6.07) is 0. The molecule has 2 aromatic rings. The van der Waals surface area contributed by atoms with Crippen LogP contribution in [0.2, 0.25) is 0 Å². The van der Waals surface area contributed by atoms with Crippen molar-refractivity contribution in [3.63, 3.8) is 0 Å². The molecule has 0 bridgehead atoms. The molecular weight excluding hydrogens is 529 g/mol. The summed E-state index contributed by atoms with van der Waals surface area (Å²) in [5, 5.41) is 20.0. The quantitative estimate of drug-likeness (QED) is 0.309. The number of carbonyl (C=O) groups excluding carboxylic acids is 2. The summed E-state index contributed by atoms with van der Waals surface area (Å²) < 4.78 is 1.42. The van der Waals surface area contributed by atoms with Crippen molar-refractivity contribution in [2.24, 2.45) is 0 Å². The van der Waals surface area contributed by atoms with Crippen molar-refractivity contribution in [3.05, 3.63) is 48.6 Å². The van der Waals surface area contributed by atoms with Gasteiger partial charge >= 0.3 is 0 Å². The van der Waals surface area contributed by atoms with Gasteiger partial charge in [-0.2, -0.15) is 0 Å². The van der Waals surface area contributed by atoms with Crippen LogP contribution in [0.1, 0.15) is 100 Å². The van der Waals surface area contributed by atoms with Crippen LogP contribution in [0.15, 0.2) is 37.2 Å². The first kappa shape index (κ1) is 42.6. The number of unbranched alkanes of at least 4 members (excludes halogenated alkanes) is 4. The Morgan fingerprint density at radius 2 is 0.921 bits per heavy atom. The molecule has 0 aliphatic carbocycles. The van der Waals surface area contributed by atoms with Crippen LogP contribution in [0.4, 0.5) is 0 Å². The van der Waals surface area contributed by atoms with Gasteiger partial charge in [-0.1, -0.05) is 53.4 Å². The first-order valence-electron chi connectivity index (χ1n) is 12.7. The van der Waals surface area contributed by atoms with Crippen molar-refractivity contribution in [2.45, 2.75) is 79.1 Å². The van der Waals surface area contributed by atoms with E-state index in [-0.39, 0.29) is 40.9 Å². The molecule has 0 saturated heterocycles. The van der Waals surface area contributed by atoms with Gasteiger partial charge in [-0.05, 0) is 25.7 Å². The molecule has 1 radical (unpaired) electrons. The summed E-state index contributed by atoms with van der Waals surface area (Å²) in [5.41, 5.74) is -0.282. The summed E-state index contributed by atoms with van der Waals surface area (Å²) in [6.07, 6.45) is 18.7. The number of aromatic carboxylic acids is 2. The number of carboxylic acid groups (broad SMARTS) is 2. The molecule has 0 aliphatic rings. The second kappa shape index (κ2) is 27.6. The van der Waals surface area contributed by atoms with Crippen LogP contribution >= 0.6 is 0 Å². The number of carboxylic acids is 2. The van der Waals surface area contributed by atoms with Gasteiger partial charge in [-0.25, -0.2) is 0 Å². The van der Waals surface area contributed by atoms with E-state index in [0.29, 0.717) is 0 Å². The first-order chi connectivity index (χ1) is 16.9. The normalized spacial score (nSPS) is 9.58. The van der Waals surface area contributed by atoms with E-state index in [4.69, 9.17) is 0 Å². The van der Waals surface area contributed by atoms with Crippen LogP contribution in [0.5, 0.6) is 0 Å². The SMILES string of the molecule is CCCC[N+](CCCC)(CCCC)CCCC.O=C([O-])c1cnccn1.O=C([O-])c1cnccn1.[O-2].[O-2].[V]. The third-order valence-electron chi connectivity index (χ3n) is 5.49. The summed E-state index contributed by atoms with van der Waals surface area (Å²) in [6.45, 7) is 15.0. The molecule has 0 spiro atoms. The number of carbonyl (C=O) groups is 2. The predicted molar refractivity (Wildman–Crippen MR) is 133 cm³/mol. The molecule has 0 aliphatic heterocycles. The Bertz CT molecular complexity index is 716. The second-order valence-electron chi connectivity index (χ2n) is 8.41. The van der Waals surface area contributed by atoms with Crippen molar-refractivity contribution in [2.75, 3.05) is 26.2 Å². The Balaban J connectivity index is -0.000000235. The predicted octanol–water partition coefficient (Wildman–Crippen LogP) is 2.44. The molecule has 0 unspecified atom stereocenters. The topological polar surface area (TPSA) is 189 Å². The zero-order chi connectivity index (χ0) is 26.4. The van der Waals surface area contributed by atoms with Gasteiger partial charge in [-0.3, -0.25) is 19.9 Å². The second-order valence-corrected chi connectivity index (χ2v) is 8.41. The number of aromatic nitrogens is 4. The average molecular weight is 572 g/mol. The molecule has 0 fully saturated rings. The number of hydrogen-bond donors (Lipinski definition) is 0. The Labute approximate surface area is 239 Å². The molecular formula is C26H42N5O6V-5. The van der Waals surface area contributed by atoms with Crippen LogP contribution in [0.25, 0.3) is 0 Å². The fourth-order valence-corrected chi connectivity index (χ4v) is 3.45. The molecule has 12 heteroatoms. The zero-order valence-corrected chi connectivity index (χ0v) is 24.5. The van der Waals surface area contributed by atoms with Crippen molar-refractivity contribution >= 4 is 11.9 Å². The largest absolute Gasteiger partial charge is 2.00 e. The minimum atomic E-state index is -1.30. The summed E-state index contributed by atoms with van der Waals surface area (Å²) in [4.78, 5) is 33.9. The van der Waals surface area contributed by atoms with E-state index in [1.54, 1.807) is 0 Å². The van der Waals surface area contributed by atoms with Gasteiger partial charge in [0, 0.05) is 43.3 Å². The molecule has 0 atom stereocenters. The summed E-state index contributed by atoms with van der Waals surface area (Å²) in [5.74, 6) is -2.61. The Hall–Kier alpha value is -2.44. The van der Waals surface area contributed by atoms with E-state index in [1.807, 2.05) is 0 Å². The Morgan fingerprint density at radius 1 is 0.632 bits per heavy atom. The number of nitrogens with zero attached hydrogens (tertiary/aromatic N) is 5. The molecule has 2 rings (SSSR count). The van der Waals surface area contributed by atoms with Gasteiger partial charge in [0.2, 0.25) is 0 Å². The Kier molecular flexibility index (Phi) is 31.0.